The van der Waals surface area contributed by atoms with Gasteiger partial charge in [-0.05, 0) is 19.3 Å². The third-order valence-corrected chi connectivity index (χ3v) is 3.43. The Morgan fingerprint density at radius 1 is 1.42 bits per heavy atom. The van der Waals surface area contributed by atoms with E-state index < -0.39 is 5.82 Å². The van der Waals surface area contributed by atoms with Gasteiger partial charge in [0, 0.05) is 19.0 Å². The molecule has 1 saturated carbocycles. The summed E-state index contributed by atoms with van der Waals surface area (Å²) in [5.41, 5.74) is 0. The normalized spacial score (nSPS) is 22.5. The number of aliphatic hydroxyl groups excluding tert-OH is 1. The lowest BCUT2D eigenvalue weighted by Crippen LogP contribution is -2.23. The fraction of sp³-hybridized carbons (Fsp3) is 0.692. The van der Waals surface area contributed by atoms with E-state index in [1.165, 1.54) is 6.20 Å². The van der Waals surface area contributed by atoms with Gasteiger partial charge in [-0.1, -0.05) is 13.3 Å². The summed E-state index contributed by atoms with van der Waals surface area (Å²) in [4.78, 5) is 7.99. The molecule has 19 heavy (non-hydrogen) atoms. The number of rotatable bonds is 6. The van der Waals surface area contributed by atoms with Gasteiger partial charge in [0.15, 0.2) is 11.6 Å². The highest BCUT2D eigenvalue weighted by atomic mass is 19.1. The van der Waals surface area contributed by atoms with Crippen molar-refractivity contribution in [2.45, 2.75) is 38.7 Å². The Balaban J connectivity index is 1.94. The molecule has 0 amide bonds. The average Bonchev–Trinajstić information content (AvgIpc) is 2.82. The van der Waals surface area contributed by atoms with Crippen LogP contribution in [0.5, 0.6) is 0 Å². The second kappa shape index (κ2) is 6.65. The third kappa shape index (κ3) is 3.76. The smallest absolute Gasteiger partial charge is 0.224 e. The summed E-state index contributed by atoms with van der Waals surface area (Å²) in [6.45, 7) is 3.34. The fourth-order valence-electron chi connectivity index (χ4n) is 2.30. The van der Waals surface area contributed by atoms with Crippen LogP contribution in [0.1, 0.15) is 32.6 Å². The number of hydrogen-bond acceptors (Lipinski definition) is 5. The number of halogens is 1. The fourth-order valence-corrected chi connectivity index (χ4v) is 2.30. The molecule has 1 aliphatic rings. The van der Waals surface area contributed by atoms with Crippen LogP contribution >= 0.6 is 0 Å². The molecular weight excluding hydrogens is 247 g/mol. The number of anilines is 2. The van der Waals surface area contributed by atoms with Crippen molar-refractivity contribution in [3.05, 3.63) is 12.0 Å². The van der Waals surface area contributed by atoms with E-state index in [1.807, 2.05) is 6.92 Å². The van der Waals surface area contributed by atoms with Gasteiger partial charge in [-0.15, -0.1) is 0 Å². The zero-order valence-corrected chi connectivity index (χ0v) is 11.2. The first-order valence-electron chi connectivity index (χ1n) is 6.89. The molecule has 1 aromatic rings. The Morgan fingerprint density at radius 3 is 2.95 bits per heavy atom. The van der Waals surface area contributed by atoms with Crippen LogP contribution < -0.4 is 10.6 Å². The molecule has 2 rings (SSSR count). The van der Waals surface area contributed by atoms with Gasteiger partial charge in [-0.25, -0.2) is 9.37 Å². The second-order valence-corrected chi connectivity index (χ2v) is 4.96. The summed E-state index contributed by atoms with van der Waals surface area (Å²) < 4.78 is 13.6. The van der Waals surface area contributed by atoms with Gasteiger partial charge >= 0.3 is 0 Å². The van der Waals surface area contributed by atoms with E-state index >= 15 is 0 Å². The molecule has 0 spiro atoms. The Hall–Kier alpha value is -1.43. The first-order valence-corrected chi connectivity index (χ1v) is 6.89. The van der Waals surface area contributed by atoms with Crippen LogP contribution in [0, 0.1) is 11.7 Å². The minimum atomic E-state index is -0.463. The first kappa shape index (κ1) is 14.0. The number of aliphatic hydroxyl groups is 1. The molecule has 1 aliphatic carbocycles. The van der Waals surface area contributed by atoms with Gasteiger partial charge in [0.05, 0.1) is 12.3 Å². The summed E-state index contributed by atoms with van der Waals surface area (Å²) >= 11 is 0. The van der Waals surface area contributed by atoms with E-state index in [1.54, 1.807) is 0 Å². The third-order valence-electron chi connectivity index (χ3n) is 3.43. The van der Waals surface area contributed by atoms with E-state index in [9.17, 15) is 9.50 Å². The monoisotopic (exact) mass is 268 g/mol. The molecule has 0 bridgehead atoms. The summed E-state index contributed by atoms with van der Waals surface area (Å²) in [5, 5.41) is 15.7. The molecule has 2 atom stereocenters. The van der Waals surface area contributed by atoms with Gasteiger partial charge in [-0.2, -0.15) is 4.98 Å². The maximum atomic E-state index is 13.6. The minimum absolute atomic E-state index is 0.182. The van der Waals surface area contributed by atoms with Crippen LogP contribution in [0.4, 0.5) is 16.2 Å². The molecule has 0 radical (unpaired) electrons. The van der Waals surface area contributed by atoms with Crippen LogP contribution in [-0.2, 0) is 0 Å². The molecule has 1 aromatic heterocycles. The molecule has 5 nitrogen and oxygen atoms in total. The van der Waals surface area contributed by atoms with Crippen molar-refractivity contribution in [1.82, 2.24) is 9.97 Å². The molecular formula is C13H21FN4O. The minimum Gasteiger partial charge on any atom is -0.393 e. The Kier molecular flexibility index (Phi) is 4.90. The summed E-state index contributed by atoms with van der Waals surface area (Å²) in [5.74, 6) is 0.348. The lowest BCUT2D eigenvalue weighted by Gasteiger charge is -2.16. The highest BCUT2D eigenvalue weighted by Crippen LogP contribution is 2.26. The molecule has 6 heteroatoms. The molecule has 3 N–H and O–H groups in total. The number of nitrogens with zero attached hydrogens (tertiary/aromatic N) is 2. The highest BCUT2D eigenvalue weighted by molar-refractivity contribution is 5.41. The largest absolute Gasteiger partial charge is 0.393 e. The van der Waals surface area contributed by atoms with Crippen LogP contribution in [0.25, 0.3) is 0 Å². The molecule has 106 valence electrons. The van der Waals surface area contributed by atoms with E-state index in [-0.39, 0.29) is 17.8 Å². The standard InChI is InChI=1S/C13H21FN4O/c1-2-6-15-13-17-8-10(14)12(18-13)16-7-9-4-3-5-11(9)19/h8-9,11,19H,2-7H2,1H3,(H2,15,16,17,18). The molecule has 2 unspecified atom stereocenters. The molecule has 1 fully saturated rings. The number of hydrogen-bond donors (Lipinski definition) is 3. The highest BCUT2D eigenvalue weighted by Gasteiger charge is 2.25. The van der Waals surface area contributed by atoms with E-state index in [2.05, 4.69) is 20.6 Å². The molecule has 0 aliphatic heterocycles. The van der Waals surface area contributed by atoms with Gasteiger partial charge in [-0.3, -0.25) is 0 Å². The van der Waals surface area contributed by atoms with Crippen LogP contribution in [0.15, 0.2) is 6.20 Å². The van der Waals surface area contributed by atoms with Crippen LogP contribution in [0.2, 0.25) is 0 Å². The zero-order chi connectivity index (χ0) is 13.7. The van der Waals surface area contributed by atoms with Gasteiger partial charge in [0.1, 0.15) is 0 Å². The number of nitrogens with one attached hydrogen (secondary N) is 2. The quantitative estimate of drug-likeness (QED) is 0.736. The van der Waals surface area contributed by atoms with E-state index in [0.29, 0.717) is 12.5 Å². The van der Waals surface area contributed by atoms with Crippen molar-refractivity contribution in [3.63, 3.8) is 0 Å². The predicted molar refractivity (Wildman–Crippen MR) is 72.6 cm³/mol. The Bertz CT molecular complexity index is 416. The van der Waals surface area contributed by atoms with Gasteiger partial charge < -0.3 is 15.7 Å². The second-order valence-electron chi connectivity index (χ2n) is 4.96. The van der Waals surface area contributed by atoms with Crippen molar-refractivity contribution >= 4 is 11.8 Å². The predicted octanol–water partition coefficient (Wildman–Crippen LogP) is 2.01. The van der Waals surface area contributed by atoms with Crippen LogP contribution in [-0.4, -0.2) is 34.3 Å². The maximum absolute atomic E-state index is 13.6. The van der Waals surface area contributed by atoms with Crippen molar-refractivity contribution in [2.75, 3.05) is 23.7 Å². The average molecular weight is 268 g/mol. The Morgan fingerprint density at radius 2 is 2.26 bits per heavy atom. The summed E-state index contributed by atoms with van der Waals surface area (Å²) in [6, 6.07) is 0. The summed E-state index contributed by atoms with van der Waals surface area (Å²) in [6.07, 6.45) is 4.68. The van der Waals surface area contributed by atoms with E-state index in [0.717, 1.165) is 32.2 Å². The lowest BCUT2D eigenvalue weighted by molar-refractivity contribution is 0.138. The molecule has 0 aromatic carbocycles. The maximum Gasteiger partial charge on any atom is 0.224 e. The van der Waals surface area contributed by atoms with Gasteiger partial charge in [0.25, 0.3) is 0 Å². The topological polar surface area (TPSA) is 70.1 Å². The van der Waals surface area contributed by atoms with Crippen molar-refractivity contribution in [3.8, 4) is 0 Å². The lowest BCUT2D eigenvalue weighted by atomic mass is 10.1. The molecule has 1 heterocycles. The van der Waals surface area contributed by atoms with Crippen LogP contribution in [0.3, 0.4) is 0 Å². The number of aromatic nitrogens is 2. The van der Waals surface area contributed by atoms with Gasteiger partial charge in [0.2, 0.25) is 5.95 Å². The first-order chi connectivity index (χ1) is 9.20. The van der Waals surface area contributed by atoms with Crippen molar-refractivity contribution in [2.24, 2.45) is 5.92 Å². The van der Waals surface area contributed by atoms with Crippen molar-refractivity contribution in [1.29, 1.82) is 0 Å². The molecule has 0 saturated heterocycles. The Labute approximate surface area is 112 Å². The summed E-state index contributed by atoms with van der Waals surface area (Å²) in [7, 11) is 0. The zero-order valence-electron chi connectivity index (χ0n) is 11.2. The van der Waals surface area contributed by atoms with Crippen molar-refractivity contribution < 1.29 is 9.50 Å². The van der Waals surface area contributed by atoms with E-state index in [4.69, 9.17) is 0 Å². The SMILES string of the molecule is CCCNc1ncc(F)c(NCC2CCCC2O)n1.